The van der Waals surface area contributed by atoms with E-state index in [1.807, 2.05) is 103 Å². The summed E-state index contributed by atoms with van der Waals surface area (Å²) in [4.78, 5) is 67.3. The molecular formula is C53H75N7O11. The van der Waals surface area contributed by atoms with Crippen LogP contribution >= 0.6 is 0 Å². The average molecular weight is 986 g/mol. The Morgan fingerprint density at radius 3 is 1.51 bits per heavy atom. The molecule has 1 aliphatic rings. The lowest BCUT2D eigenvalue weighted by Gasteiger charge is -2.28. The first-order chi connectivity index (χ1) is 34.4. The van der Waals surface area contributed by atoms with Gasteiger partial charge in [0.15, 0.2) is 0 Å². The predicted molar refractivity (Wildman–Crippen MR) is 270 cm³/mol. The Bertz CT molecular complexity index is 2050. The smallest absolute Gasteiger partial charge is 0.407 e. The van der Waals surface area contributed by atoms with Crippen LogP contribution in [0.4, 0.5) is 24.0 Å². The van der Waals surface area contributed by atoms with Crippen molar-refractivity contribution >= 4 is 30.5 Å². The average Bonchev–Trinajstić information content (AvgIpc) is 3.36. The third-order valence-corrected chi connectivity index (χ3v) is 10.8. The molecule has 0 radical (unpaired) electrons. The molecule has 0 saturated heterocycles. The topological polar surface area (TPSA) is 207 Å². The first-order valence-electron chi connectivity index (χ1n) is 24.5. The van der Waals surface area contributed by atoms with Crippen molar-refractivity contribution in [2.24, 2.45) is 0 Å². The Balaban J connectivity index is 1.33. The van der Waals surface area contributed by atoms with Gasteiger partial charge in [0.1, 0.15) is 32.0 Å². The number of carbonyl (C=O) groups is 5. The first-order valence-corrected chi connectivity index (χ1v) is 24.5. The Morgan fingerprint density at radius 1 is 0.549 bits per heavy atom. The second-order valence-corrected chi connectivity index (χ2v) is 17.9. The van der Waals surface area contributed by atoms with Gasteiger partial charge in [-0.05, 0) is 75.1 Å². The highest BCUT2D eigenvalue weighted by Gasteiger charge is 2.20. The van der Waals surface area contributed by atoms with E-state index < -0.39 is 36.1 Å². The molecule has 18 nitrogen and oxygen atoms in total. The maximum Gasteiger partial charge on any atom is 0.407 e. The van der Waals surface area contributed by atoms with Crippen molar-refractivity contribution in [3.63, 3.8) is 0 Å². The van der Waals surface area contributed by atoms with E-state index in [-0.39, 0.29) is 39.0 Å². The molecule has 71 heavy (non-hydrogen) atoms. The number of rotatable bonds is 31. The van der Waals surface area contributed by atoms with E-state index in [9.17, 15) is 24.0 Å². The molecule has 1 atom stereocenters. The molecule has 0 aliphatic heterocycles. The molecule has 3 aromatic carbocycles. The molecule has 1 aliphatic carbocycles. The van der Waals surface area contributed by atoms with E-state index in [2.05, 4.69) is 42.5 Å². The van der Waals surface area contributed by atoms with Crippen molar-refractivity contribution in [2.75, 3.05) is 85.3 Å². The van der Waals surface area contributed by atoms with Crippen LogP contribution in [0.2, 0.25) is 0 Å². The fourth-order valence-corrected chi connectivity index (χ4v) is 7.07. The maximum atomic E-state index is 13.2. The molecule has 0 aromatic heterocycles. The molecule has 5 N–H and O–H groups in total. The molecule has 0 spiro atoms. The number of hydrogen-bond acceptors (Lipinski definition) is 13. The van der Waals surface area contributed by atoms with Crippen molar-refractivity contribution < 1.29 is 52.4 Å². The van der Waals surface area contributed by atoms with E-state index in [0.29, 0.717) is 91.4 Å². The molecule has 4 rings (SSSR count). The minimum absolute atomic E-state index is 0.105. The minimum Gasteiger partial charge on any atom is -0.445 e. The fourth-order valence-electron chi connectivity index (χ4n) is 7.07. The number of nitrogens with zero attached hydrogens (tertiary/aromatic N) is 2. The van der Waals surface area contributed by atoms with Gasteiger partial charge in [0.2, 0.25) is 0 Å². The Labute approximate surface area is 419 Å². The molecule has 0 heterocycles. The summed E-state index contributed by atoms with van der Waals surface area (Å²) >= 11 is 0. The number of alkyl carbamates (subject to hydrolysis) is 5. The van der Waals surface area contributed by atoms with Crippen LogP contribution in [-0.2, 0) is 48.2 Å². The van der Waals surface area contributed by atoms with Crippen LogP contribution in [0.25, 0.3) is 0 Å². The molecule has 0 fully saturated rings. The van der Waals surface area contributed by atoms with Gasteiger partial charge in [-0.1, -0.05) is 109 Å². The Kier molecular flexibility index (Phi) is 27.1. The van der Waals surface area contributed by atoms with Gasteiger partial charge in [0.05, 0.1) is 13.2 Å². The number of allylic oxidation sites excluding steroid dienone is 3. The lowest BCUT2D eigenvalue weighted by molar-refractivity contribution is 0.0526. The summed E-state index contributed by atoms with van der Waals surface area (Å²) in [6.07, 6.45) is 7.01. The number of hydrogen-bond donors (Lipinski definition) is 5. The molecular weight excluding hydrogens is 911 g/mol. The van der Waals surface area contributed by atoms with Crippen LogP contribution in [0.15, 0.2) is 115 Å². The van der Waals surface area contributed by atoms with Crippen LogP contribution < -0.4 is 26.6 Å². The number of unbranched alkanes of at least 4 members (excludes halogenated alkanes) is 1. The van der Waals surface area contributed by atoms with Crippen LogP contribution in [0, 0.1) is 0 Å². The number of benzene rings is 3. The summed E-state index contributed by atoms with van der Waals surface area (Å²) < 4.78 is 33.4. The molecule has 0 saturated carbocycles. The van der Waals surface area contributed by atoms with Gasteiger partial charge in [-0.25, -0.2) is 24.0 Å². The van der Waals surface area contributed by atoms with E-state index in [0.717, 1.165) is 35.1 Å². The highest BCUT2D eigenvalue weighted by molar-refractivity contribution is 5.69. The third kappa shape index (κ3) is 28.0. The second-order valence-electron chi connectivity index (χ2n) is 17.9. The van der Waals surface area contributed by atoms with Gasteiger partial charge in [-0.3, -0.25) is 9.80 Å². The van der Waals surface area contributed by atoms with Gasteiger partial charge in [-0.2, -0.15) is 0 Å². The van der Waals surface area contributed by atoms with Crippen molar-refractivity contribution in [1.82, 2.24) is 36.4 Å². The summed E-state index contributed by atoms with van der Waals surface area (Å²) in [5.74, 6) is 0. The molecule has 5 amide bonds. The van der Waals surface area contributed by atoms with Crippen molar-refractivity contribution in [3.8, 4) is 0 Å². The van der Waals surface area contributed by atoms with Crippen molar-refractivity contribution in [2.45, 2.75) is 84.3 Å². The van der Waals surface area contributed by atoms with Crippen molar-refractivity contribution in [1.29, 1.82) is 0 Å². The number of carbonyl (C=O) groups excluding carboxylic acids is 5. The zero-order valence-corrected chi connectivity index (χ0v) is 41.7. The lowest BCUT2D eigenvalue weighted by atomic mass is 10.1. The zero-order valence-electron chi connectivity index (χ0n) is 41.7. The molecule has 1 unspecified atom stereocenters. The third-order valence-electron chi connectivity index (χ3n) is 10.8. The number of amides is 5. The summed E-state index contributed by atoms with van der Waals surface area (Å²) in [5.41, 5.74) is 3.04. The Morgan fingerprint density at radius 2 is 1.01 bits per heavy atom. The standard InChI is InChI=1S/C53H75N7O11/c1-53(2,3)71-51(64)54-27-17-16-26-47(58-52(65)70-42-46-24-14-7-15-25-46)38-60(33-30-57-50(63)69-41-45-22-12-6-13-23-45)35-37-66-36-34-59(31-28-55-48(61)67-39-43-18-8-4-9-19-43)32-29-56-49(62)68-40-44-20-10-5-11-21-44/h4-10,12-15,18-20,22-25,47H,11,16-17,21,26-42H2,1-3H3,(H,54,64)(H,55,61)(H,56,62)(H,57,63)(H,58,65). The SMILES string of the molecule is CC(C)(C)OC(=O)NCCCCC(CN(CCNC(=O)OCc1ccccc1)CCOCCN(CCNC(=O)OCC1=CC=CCC1)CCNC(=O)OCc1ccccc1)NC(=O)OCc1ccccc1. The molecule has 18 heteroatoms. The lowest BCUT2D eigenvalue weighted by Crippen LogP contribution is -2.47. The maximum absolute atomic E-state index is 13.2. The summed E-state index contributed by atoms with van der Waals surface area (Å²) in [6, 6.07) is 27.9. The summed E-state index contributed by atoms with van der Waals surface area (Å²) in [7, 11) is 0. The monoisotopic (exact) mass is 986 g/mol. The highest BCUT2D eigenvalue weighted by atomic mass is 16.6. The predicted octanol–water partition coefficient (Wildman–Crippen LogP) is 7.45. The first kappa shape index (κ1) is 57.0. The molecule has 388 valence electrons. The zero-order chi connectivity index (χ0) is 50.8. The van der Waals surface area contributed by atoms with Gasteiger partial charge in [0.25, 0.3) is 0 Å². The van der Waals surface area contributed by atoms with Gasteiger partial charge in [-0.15, -0.1) is 0 Å². The van der Waals surface area contributed by atoms with Crippen LogP contribution in [0.1, 0.15) is 69.6 Å². The van der Waals surface area contributed by atoms with E-state index in [1.54, 1.807) is 20.8 Å². The quantitative estimate of drug-likeness (QED) is 0.0314. The van der Waals surface area contributed by atoms with Crippen LogP contribution in [0.3, 0.4) is 0 Å². The molecule has 0 bridgehead atoms. The number of ether oxygens (including phenoxy) is 6. The summed E-state index contributed by atoms with van der Waals surface area (Å²) in [5, 5.41) is 14.3. The van der Waals surface area contributed by atoms with E-state index in [1.165, 1.54) is 0 Å². The fraction of sp³-hybridized carbons (Fsp3) is 0.491. The van der Waals surface area contributed by atoms with E-state index >= 15 is 0 Å². The van der Waals surface area contributed by atoms with Crippen LogP contribution in [-0.4, -0.2) is 137 Å². The molecule has 3 aromatic rings. The van der Waals surface area contributed by atoms with Gasteiger partial charge in [0, 0.05) is 71.5 Å². The largest absolute Gasteiger partial charge is 0.445 e. The van der Waals surface area contributed by atoms with Gasteiger partial charge >= 0.3 is 30.5 Å². The summed E-state index contributed by atoms with van der Waals surface area (Å²) in [6.45, 7) is 10.6. The Hall–Kier alpha value is -6.63. The second kappa shape index (κ2) is 33.8. The van der Waals surface area contributed by atoms with E-state index in [4.69, 9.17) is 28.4 Å². The normalized spacial score (nSPS) is 12.5. The van der Waals surface area contributed by atoms with Gasteiger partial charge < -0.3 is 55.0 Å². The number of nitrogens with one attached hydrogen (secondary N) is 5. The van der Waals surface area contributed by atoms with Crippen LogP contribution in [0.5, 0.6) is 0 Å². The minimum atomic E-state index is -0.615. The van der Waals surface area contributed by atoms with Crippen molar-refractivity contribution in [3.05, 3.63) is 131 Å². The highest BCUT2D eigenvalue weighted by Crippen LogP contribution is 2.12.